The summed E-state index contributed by atoms with van der Waals surface area (Å²) in [6, 6.07) is 4.51. The molecule has 1 heterocycles. The summed E-state index contributed by atoms with van der Waals surface area (Å²) in [7, 11) is -3.46. The van der Waals surface area contributed by atoms with Gasteiger partial charge in [-0.05, 0) is 38.0 Å². The molecular weight excluding hydrogens is 272 g/mol. The lowest BCUT2D eigenvalue weighted by molar-refractivity contribution is 0.268. The third-order valence-corrected chi connectivity index (χ3v) is 5.67. The average molecular weight is 289 g/mol. The molecule has 1 aliphatic heterocycles. The minimum atomic E-state index is -3.46. The summed E-state index contributed by atoms with van der Waals surface area (Å²) in [6.45, 7) is 2.52. The predicted molar refractivity (Wildman–Crippen MR) is 73.1 cm³/mol. The molecule has 18 heavy (non-hydrogen) atoms. The third-order valence-electron chi connectivity index (χ3n) is 3.32. The normalized spacial score (nSPS) is 22.0. The monoisotopic (exact) mass is 288 g/mol. The molecule has 2 N–H and O–H groups in total. The molecule has 100 valence electrons. The van der Waals surface area contributed by atoms with Crippen molar-refractivity contribution in [1.82, 2.24) is 4.31 Å². The first-order valence-electron chi connectivity index (χ1n) is 6.00. The minimum Gasteiger partial charge on any atom is -0.397 e. The Hall–Kier alpha value is -0.780. The Bertz CT molecular complexity index is 545. The van der Waals surface area contributed by atoms with Gasteiger partial charge in [0.2, 0.25) is 10.0 Å². The standard InChI is InChI=1S/C12H17ClN2O2S/c1-9-4-2-3-7-15(9)18(16,17)10-5-6-11(13)12(14)8-10/h5-6,8-9H,2-4,7,14H2,1H3/t9-/m1/s1. The molecule has 1 aromatic carbocycles. The molecule has 0 unspecified atom stereocenters. The van der Waals surface area contributed by atoms with Crippen LogP contribution in [0.15, 0.2) is 23.1 Å². The Morgan fingerprint density at radius 1 is 1.39 bits per heavy atom. The van der Waals surface area contributed by atoms with Gasteiger partial charge in [0.15, 0.2) is 0 Å². The van der Waals surface area contributed by atoms with Crippen LogP contribution < -0.4 is 5.73 Å². The zero-order chi connectivity index (χ0) is 13.3. The number of hydrogen-bond donors (Lipinski definition) is 1. The molecule has 0 saturated carbocycles. The Balaban J connectivity index is 2.37. The van der Waals surface area contributed by atoms with Gasteiger partial charge in [-0.15, -0.1) is 0 Å². The van der Waals surface area contributed by atoms with E-state index in [1.54, 1.807) is 4.31 Å². The summed E-state index contributed by atoms with van der Waals surface area (Å²) in [4.78, 5) is 0.221. The van der Waals surface area contributed by atoms with Crippen molar-refractivity contribution in [2.24, 2.45) is 0 Å². The molecule has 1 saturated heterocycles. The number of benzene rings is 1. The molecule has 6 heteroatoms. The second kappa shape index (κ2) is 5.07. The van der Waals surface area contributed by atoms with Gasteiger partial charge in [0.1, 0.15) is 0 Å². The van der Waals surface area contributed by atoms with Crippen molar-refractivity contribution in [3.63, 3.8) is 0 Å². The largest absolute Gasteiger partial charge is 0.397 e. The van der Waals surface area contributed by atoms with Gasteiger partial charge in [0, 0.05) is 12.6 Å². The number of nitrogens with zero attached hydrogens (tertiary/aromatic N) is 1. The zero-order valence-electron chi connectivity index (χ0n) is 10.3. The number of piperidine rings is 1. The number of halogens is 1. The molecule has 1 aromatic rings. The van der Waals surface area contributed by atoms with Crippen molar-refractivity contribution in [2.75, 3.05) is 12.3 Å². The van der Waals surface area contributed by atoms with E-state index in [1.807, 2.05) is 6.92 Å². The van der Waals surface area contributed by atoms with Crippen molar-refractivity contribution >= 4 is 27.3 Å². The highest BCUT2D eigenvalue weighted by Gasteiger charge is 2.31. The summed E-state index contributed by atoms with van der Waals surface area (Å²) in [5, 5.41) is 0.376. The van der Waals surface area contributed by atoms with Crippen LogP contribution in [-0.4, -0.2) is 25.3 Å². The summed E-state index contributed by atoms with van der Waals surface area (Å²) >= 11 is 5.81. The second-order valence-electron chi connectivity index (χ2n) is 4.64. The first kappa shape index (κ1) is 13.6. The van der Waals surface area contributed by atoms with Crippen LogP contribution in [0.1, 0.15) is 26.2 Å². The van der Waals surface area contributed by atoms with Crippen LogP contribution in [0.25, 0.3) is 0 Å². The van der Waals surface area contributed by atoms with Crippen LogP contribution in [0.4, 0.5) is 5.69 Å². The van der Waals surface area contributed by atoms with Gasteiger partial charge in [-0.3, -0.25) is 0 Å². The van der Waals surface area contributed by atoms with Crippen LogP contribution in [0.3, 0.4) is 0 Å². The van der Waals surface area contributed by atoms with Gasteiger partial charge in [-0.25, -0.2) is 8.42 Å². The molecule has 0 spiro atoms. The van der Waals surface area contributed by atoms with Gasteiger partial charge >= 0.3 is 0 Å². The number of rotatable bonds is 2. The minimum absolute atomic E-state index is 0.0423. The number of nitrogens with two attached hydrogens (primary N) is 1. The lowest BCUT2D eigenvalue weighted by Gasteiger charge is -2.32. The number of hydrogen-bond acceptors (Lipinski definition) is 3. The highest BCUT2D eigenvalue weighted by molar-refractivity contribution is 7.89. The topological polar surface area (TPSA) is 63.4 Å². The maximum absolute atomic E-state index is 12.5. The first-order chi connectivity index (χ1) is 8.43. The van der Waals surface area contributed by atoms with Crippen molar-refractivity contribution < 1.29 is 8.42 Å². The van der Waals surface area contributed by atoms with Crippen molar-refractivity contribution in [1.29, 1.82) is 0 Å². The Labute approximate surface area is 113 Å². The van der Waals surface area contributed by atoms with Crippen LogP contribution in [0, 0.1) is 0 Å². The molecule has 0 aromatic heterocycles. The Morgan fingerprint density at radius 2 is 2.11 bits per heavy atom. The van der Waals surface area contributed by atoms with Crippen LogP contribution in [-0.2, 0) is 10.0 Å². The summed E-state index contributed by atoms with van der Waals surface area (Å²) in [5.41, 5.74) is 5.96. The SMILES string of the molecule is C[C@@H]1CCCCN1S(=O)(=O)c1ccc(Cl)c(N)c1. The number of sulfonamides is 1. The fourth-order valence-corrected chi connectivity index (χ4v) is 4.10. The third kappa shape index (κ3) is 2.48. The van der Waals surface area contributed by atoms with Crippen molar-refractivity contribution in [2.45, 2.75) is 37.1 Å². The fraction of sp³-hybridized carbons (Fsp3) is 0.500. The van der Waals surface area contributed by atoms with E-state index in [1.165, 1.54) is 18.2 Å². The molecule has 0 amide bonds. The molecule has 0 radical (unpaired) electrons. The van der Waals surface area contributed by atoms with E-state index in [4.69, 9.17) is 17.3 Å². The summed E-state index contributed by atoms with van der Waals surface area (Å²) in [5.74, 6) is 0. The average Bonchev–Trinajstić information content (AvgIpc) is 2.33. The van der Waals surface area contributed by atoms with Crippen LogP contribution in [0.5, 0.6) is 0 Å². The lowest BCUT2D eigenvalue weighted by Crippen LogP contribution is -2.41. The molecule has 0 aliphatic carbocycles. The summed E-state index contributed by atoms with van der Waals surface area (Å²) < 4.78 is 26.5. The maximum Gasteiger partial charge on any atom is 0.243 e. The molecule has 0 bridgehead atoms. The van der Waals surface area contributed by atoms with Crippen LogP contribution >= 0.6 is 11.6 Å². The molecule has 4 nitrogen and oxygen atoms in total. The quantitative estimate of drug-likeness (QED) is 0.851. The highest BCUT2D eigenvalue weighted by Crippen LogP contribution is 2.28. The van der Waals surface area contributed by atoms with Crippen molar-refractivity contribution in [3.05, 3.63) is 23.2 Å². The van der Waals surface area contributed by atoms with Gasteiger partial charge in [0.05, 0.1) is 15.6 Å². The predicted octanol–water partition coefficient (Wildman–Crippen LogP) is 2.49. The van der Waals surface area contributed by atoms with Gasteiger partial charge < -0.3 is 5.73 Å². The van der Waals surface area contributed by atoms with Crippen molar-refractivity contribution in [3.8, 4) is 0 Å². The summed E-state index contributed by atoms with van der Waals surface area (Å²) in [6.07, 6.45) is 2.89. The molecular formula is C12H17ClN2O2S. The Kier molecular flexibility index (Phi) is 3.84. The van der Waals surface area contributed by atoms with Gasteiger partial charge in [-0.1, -0.05) is 18.0 Å². The zero-order valence-corrected chi connectivity index (χ0v) is 11.8. The van der Waals surface area contributed by atoms with Gasteiger partial charge in [-0.2, -0.15) is 4.31 Å². The van der Waals surface area contributed by atoms with E-state index >= 15 is 0 Å². The van der Waals surface area contributed by atoms with Gasteiger partial charge in [0.25, 0.3) is 0 Å². The smallest absolute Gasteiger partial charge is 0.243 e. The van der Waals surface area contributed by atoms with E-state index < -0.39 is 10.0 Å². The van der Waals surface area contributed by atoms with E-state index in [0.717, 1.165) is 19.3 Å². The number of anilines is 1. The molecule has 1 aliphatic rings. The first-order valence-corrected chi connectivity index (χ1v) is 7.81. The Morgan fingerprint density at radius 3 is 2.72 bits per heavy atom. The molecule has 1 fully saturated rings. The van der Waals surface area contributed by atoms with E-state index in [2.05, 4.69) is 0 Å². The lowest BCUT2D eigenvalue weighted by atomic mass is 10.1. The van der Waals surface area contributed by atoms with E-state index in [9.17, 15) is 8.42 Å². The van der Waals surface area contributed by atoms with E-state index in [0.29, 0.717) is 17.3 Å². The number of nitrogen functional groups attached to an aromatic ring is 1. The molecule has 1 atom stereocenters. The second-order valence-corrected chi connectivity index (χ2v) is 6.94. The molecule has 2 rings (SSSR count). The maximum atomic E-state index is 12.5. The van der Waals surface area contributed by atoms with E-state index in [-0.39, 0.29) is 10.9 Å². The van der Waals surface area contributed by atoms with Crippen LogP contribution in [0.2, 0.25) is 5.02 Å². The fourth-order valence-electron chi connectivity index (χ4n) is 2.25. The highest BCUT2D eigenvalue weighted by atomic mass is 35.5.